The summed E-state index contributed by atoms with van der Waals surface area (Å²) < 4.78 is 5.36. The van der Waals surface area contributed by atoms with E-state index in [0.29, 0.717) is 11.7 Å². The first-order valence-corrected chi connectivity index (χ1v) is 5.35. The van der Waals surface area contributed by atoms with Crippen LogP contribution in [0, 0.1) is 5.92 Å². The molecule has 2 aliphatic carbocycles. The normalized spacial score (nSPS) is 26.2. The van der Waals surface area contributed by atoms with E-state index in [2.05, 4.69) is 0 Å². The van der Waals surface area contributed by atoms with Gasteiger partial charge in [0.2, 0.25) is 0 Å². The molecular weight excluding hydrogens is 164 g/mol. The van der Waals surface area contributed by atoms with Gasteiger partial charge in [-0.05, 0) is 25.2 Å². The summed E-state index contributed by atoms with van der Waals surface area (Å²) in [6.07, 6.45) is 7.66. The lowest BCUT2D eigenvalue weighted by atomic mass is 9.71. The summed E-state index contributed by atoms with van der Waals surface area (Å²) in [5, 5.41) is 0. The van der Waals surface area contributed by atoms with Crippen LogP contribution < -0.4 is 0 Å². The van der Waals surface area contributed by atoms with Crippen LogP contribution in [-0.2, 0) is 9.53 Å². The molecule has 0 bridgehead atoms. The van der Waals surface area contributed by atoms with Gasteiger partial charge in [-0.25, -0.2) is 0 Å². The molecule has 2 nitrogen and oxygen atoms in total. The number of ketones is 1. The number of carbonyl (C=O) groups excluding carboxylic acids is 1. The molecule has 2 saturated carbocycles. The van der Waals surface area contributed by atoms with Gasteiger partial charge in [0.05, 0.1) is 0 Å². The van der Waals surface area contributed by atoms with E-state index in [-0.39, 0.29) is 5.60 Å². The molecule has 2 fully saturated rings. The van der Waals surface area contributed by atoms with Crippen LogP contribution in [0.15, 0.2) is 0 Å². The third-order valence-electron chi connectivity index (χ3n) is 3.76. The van der Waals surface area contributed by atoms with Crippen LogP contribution >= 0.6 is 0 Å². The van der Waals surface area contributed by atoms with Crippen LogP contribution in [0.1, 0.15) is 44.9 Å². The van der Waals surface area contributed by atoms with E-state index in [9.17, 15) is 4.79 Å². The molecule has 0 radical (unpaired) electrons. The first-order chi connectivity index (χ1) is 6.27. The third kappa shape index (κ3) is 1.52. The monoisotopic (exact) mass is 182 g/mol. The van der Waals surface area contributed by atoms with E-state index in [4.69, 9.17) is 4.74 Å². The molecule has 0 atom stereocenters. The van der Waals surface area contributed by atoms with Gasteiger partial charge < -0.3 is 4.74 Å². The second kappa shape index (κ2) is 3.41. The van der Waals surface area contributed by atoms with Gasteiger partial charge in [-0.15, -0.1) is 0 Å². The Morgan fingerprint density at radius 1 is 1.38 bits per heavy atom. The minimum Gasteiger partial charge on any atom is -0.370 e. The number of rotatable bonds is 4. The zero-order valence-corrected chi connectivity index (χ0v) is 8.34. The van der Waals surface area contributed by atoms with E-state index in [0.717, 1.165) is 25.7 Å². The fourth-order valence-corrected chi connectivity index (χ4v) is 2.24. The Kier molecular flexibility index (Phi) is 2.41. The van der Waals surface area contributed by atoms with Gasteiger partial charge in [0, 0.05) is 13.5 Å². The number of ether oxygens (including phenoxy) is 1. The van der Waals surface area contributed by atoms with E-state index < -0.39 is 0 Å². The molecule has 0 amide bonds. The van der Waals surface area contributed by atoms with Crippen molar-refractivity contribution in [3.8, 4) is 0 Å². The summed E-state index contributed by atoms with van der Waals surface area (Å²) in [6.45, 7) is 0. The summed E-state index contributed by atoms with van der Waals surface area (Å²) in [4.78, 5) is 11.9. The van der Waals surface area contributed by atoms with Crippen molar-refractivity contribution in [1.29, 1.82) is 0 Å². The highest BCUT2D eigenvalue weighted by molar-refractivity contribution is 5.88. The van der Waals surface area contributed by atoms with Crippen molar-refractivity contribution in [2.45, 2.75) is 50.5 Å². The number of methoxy groups -OCH3 is 1. The molecule has 0 aromatic carbocycles. The van der Waals surface area contributed by atoms with Gasteiger partial charge in [0.1, 0.15) is 5.60 Å². The van der Waals surface area contributed by atoms with Crippen molar-refractivity contribution in [3.63, 3.8) is 0 Å². The Hall–Kier alpha value is -0.370. The summed E-state index contributed by atoms with van der Waals surface area (Å²) in [7, 11) is 1.68. The van der Waals surface area contributed by atoms with E-state index in [1.54, 1.807) is 7.11 Å². The quantitative estimate of drug-likeness (QED) is 0.667. The van der Waals surface area contributed by atoms with Crippen LogP contribution in [0.5, 0.6) is 0 Å². The molecule has 0 heterocycles. The molecule has 0 aromatic rings. The standard InChI is InChI=1S/C11H18O2/c1-13-11(6-3-7-11)10(12)8-9-4-2-5-9/h9H,2-8H2,1H3. The zero-order valence-electron chi connectivity index (χ0n) is 8.34. The zero-order chi connectivity index (χ0) is 9.31. The molecule has 2 heteroatoms. The number of Topliss-reactive ketones (excluding diaryl/α,β-unsaturated/α-hetero) is 1. The molecule has 2 rings (SSSR count). The summed E-state index contributed by atoms with van der Waals surface area (Å²) in [5.74, 6) is 1.05. The molecule has 0 saturated heterocycles. The van der Waals surface area contributed by atoms with Gasteiger partial charge in [0.15, 0.2) is 5.78 Å². The molecule has 13 heavy (non-hydrogen) atoms. The Labute approximate surface area is 79.7 Å². The van der Waals surface area contributed by atoms with Gasteiger partial charge in [0.25, 0.3) is 0 Å². The molecule has 0 aliphatic heterocycles. The van der Waals surface area contributed by atoms with Crippen LogP contribution in [0.4, 0.5) is 0 Å². The van der Waals surface area contributed by atoms with Gasteiger partial charge >= 0.3 is 0 Å². The lowest BCUT2D eigenvalue weighted by Crippen LogP contribution is -2.47. The largest absolute Gasteiger partial charge is 0.370 e. The van der Waals surface area contributed by atoms with Gasteiger partial charge in [-0.2, -0.15) is 0 Å². The molecule has 74 valence electrons. The molecule has 0 N–H and O–H groups in total. The fourth-order valence-electron chi connectivity index (χ4n) is 2.24. The maximum absolute atomic E-state index is 11.9. The molecule has 0 unspecified atom stereocenters. The van der Waals surface area contributed by atoms with Gasteiger partial charge in [-0.3, -0.25) is 4.79 Å². The van der Waals surface area contributed by atoms with Crippen molar-refractivity contribution in [2.24, 2.45) is 5.92 Å². The van der Waals surface area contributed by atoms with E-state index in [1.165, 1.54) is 19.3 Å². The van der Waals surface area contributed by atoms with Gasteiger partial charge in [-0.1, -0.05) is 19.3 Å². The SMILES string of the molecule is COC1(C(=O)CC2CCC2)CCC1. The second-order valence-electron chi connectivity index (χ2n) is 4.48. The minimum absolute atomic E-state index is 0.352. The first kappa shape index (κ1) is 9.20. The third-order valence-corrected chi connectivity index (χ3v) is 3.76. The average Bonchev–Trinajstić information content (AvgIpc) is 1.96. The lowest BCUT2D eigenvalue weighted by Gasteiger charge is -2.40. The average molecular weight is 182 g/mol. The van der Waals surface area contributed by atoms with Crippen molar-refractivity contribution < 1.29 is 9.53 Å². The minimum atomic E-state index is -0.352. The summed E-state index contributed by atoms with van der Waals surface area (Å²) >= 11 is 0. The number of hydrogen-bond donors (Lipinski definition) is 0. The van der Waals surface area contributed by atoms with Crippen molar-refractivity contribution in [1.82, 2.24) is 0 Å². The Morgan fingerprint density at radius 3 is 2.38 bits per heavy atom. The van der Waals surface area contributed by atoms with Crippen LogP contribution in [0.3, 0.4) is 0 Å². The van der Waals surface area contributed by atoms with Crippen molar-refractivity contribution in [2.75, 3.05) is 7.11 Å². The lowest BCUT2D eigenvalue weighted by molar-refractivity contribution is -0.153. The van der Waals surface area contributed by atoms with Crippen molar-refractivity contribution >= 4 is 5.78 Å². The number of carbonyl (C=O) groups is 1. The van der Waals surface area contributed by atoms with E-state index in [1.807, 2.05) is 0 Å². The smallest absolute Gasteiger partial charge is 0.164 e. The summed E-state index contributed by atoms with van der Waals surface area (Å²) in [6, 6.07) is 0. The van der Waals surface area contributed by atoms with Crippen molar-refractivity contribution in [3.05, 3.63) is 0 Å². The van der Waals surface area contributed by atoms with Crippen LogP contribution in [0.25, 0.3) is 0 Å². The Balaban J connectivity index is 1.87. The maximum atomic E-state index is 11.9. The highest BCUT2D eigenvalue weighted by Crippen LogP contribution is 2.39. The second-order valence-corrected chi connectivity index (χ2v) is 4.48. The van der Waals surface area contributed by atoms with Crippen LogP contribution in [0.2, 0.25) is 0 Å². The molecule has 0 aromatic heterocycles. The fraction of sp³-hybridized carbons (Fsp3) is 0.909. The summed E-state index contributed by atoms with van der Waals surface area (Å²) in [5.41, 5.74) is -0.352. The predicted octanol–water partition coefficient (Wildman–Crippen LogP) is 2.31. The molecule has 0 spiro atoms. The molecule has 2 aliphatic rings. The number of hydrogen-bond acceptors (Lipinski definition) is 2. The topological polar surface area (TPSA) is 26.3 Å². The first-order valence-electron chi connectivity index (χ1n) is 5.35. The Morgan fingerprint density at radius 2 is 2.08 bits per heavy atom. The predicted molar refractivity (Wildman–Crippen MR) is 50.6 cm³/mol. The molecular formula is C11H18O2. The highest BCUT2D eigenvalue weighted by atomic mass is 16.5. The Bertz CT molecular complexity index is 197. The highest BCUT2D eigenvalue weighted by Gasteiger charge is 2.44. The maximum Gasteiger partial charge on any atom is 0.164 e. The van der Waals surface area contributed by atoms with Crippen LogP contribution in [-0.4, -0.2) is 18.5 Å². The van der Waals surface area contributed by atoms with E-state index >= 15 is 0 Å².